The third-order valence-electron chi connectivity index (χ3n) is 2.48. The van der Waals surface area contributed by atoms with Gasteiger partial charge >= 0.3 is 0 Å². The summed E-state index contributed by atoms with van der Waals surface area (Å²) in [5.74, 6) is 3.32. The highest BCUT2D eigenvalue weighted by molar-refractivity contribution is 6.22. The summed E-state index contributed by atoms with van der Waals surface area (Å²) in [4.78, 5) is 0. The van der Waals surface area contributed by atoms with Crippen molar-refractivity contribution in [1.82, 2.24) is 0 Å². The fourth-order valence-electron chi connectivity index (χ4n) is 1.72. The second kappa shape index (κ2) is 5.34. The van der Waals surface area contributed by atoms with Gasteiger partial charge in [-0.25, -0.2) is 0 Å². The van der Waals surface area contributed by atoms with Gasteiger partial charge in [-0.2, -0.15) is 0 Å². The van der Waals surface area contributed by atoms with Gasteiger partial charge in [0.05, 0.1) is 5.92 Å². The minimum Gasteiger partial charge on any atom is -0.137 e. The third kappa shape index (κ3) is 2.42. The van der Waals surface area contributed by atoms with Gasteiger partial charge in [0.1, 0.15) is 10.2 Å². The molecule has 16 heavy (non-hydrogen) atoms. The zero-order valence-electron chi connectivity index (χ0n) is 8.85. The smallest absolute Gasteiger partial charge is 0.137 e. The molecule has 0 heterocycles. The minimum atomic E-state index is 0.139. The van der Waals surface area contributed by atoms with Crippen molar-refractivity contribution in [2.45, 2.75) is 5.92 Å². The first-order chi connectivity index (χ1) is 7.92. The van der Waals surface area contributed by atoms with Crippen molar-refractivity contribution >= 4 is 10.2 Å². The second-order valence-electron chi connectivity index (χ2n) is 3.52. The standard InChI is InChI=1S/C15H11Si/c16-12-11-15(13-7-3-1-4-8-13)14-9-5-2-6-10-14/h1-10,15H. The molecule has 2 aromatic carbocycles. The van der Waals surface area contributed by atoms with Crippen LogP contribution in [0.4, 0.5) is 0 Å². The van der Waals surface area contributed by atoms with Gasteiger partial charge < -0.3 is 0 Å². The Kier molecular flexibility index (Phi) is 3.58. The summed E-state index contributed by atoms with van der Waals surface area (Å²) in [5.41, 5.74) is 5.26. The molecule has 0 fully saturated rings. The molecule has 0 aliphatic carbocycles. The lowest BCUT2D eigenvalue weighted by Crippen LogP contribution is -1.97. The van der Waals surface area contributed by atoms with Crippen LogP contribution < -0.4 is 0 Å². The van der Waals surface area contributed by atoms with Gasteiger partial charge in [0.2, 0.25) is 0 Å². The van der Waals surface area contributed by atoms with E-state index in [1.807, 2.05) is 36.4 Å². The molecule has 0 aliphatic heterocycles. The largest absolute Gasteiger partial charge is 0.147 e. The minimum absolute atomic E-state index is 0.139. The zero-order chi connectivity index (χ0) is 11.2. The number of rotatable bonds is 2. The van der Waals surface area contributed by atoms with E-state index in [0.717, 1.165) is 0 Å². The molecule has 75 valence electrons. The van der Waals surface area contributed by atoms with Crippen molar-refractivity contribution in [1.29, 1.82) is 0 Å². The summed E-state index contributed by atoms with van der Waals surface area (Å²) in [6, 6.07) is 20.6. The molecule has 0 nitrogen and oxygen atoms in total. The molecular formula is C15H11Si. The van der Waals surface area contributed by atoms with Crippen molar-refractivity contribution < 1.29 is 0 Å². The Morgan fingerprint density at radius 1 is 0.750 bits per heavy atom. The van der Waals surface area contributed by atoms with Gasteiger partial charge in [0.15, 0.2) is 0 Å². The van der Waals surface area contributed by atoms with Gasteiger partial charge in [-0.1, -0.05) is 66.6 Å². The van der Waals surface area contributed by atoms with Crippen molar-refractivity contribution in [3.05, 3.63) is 71.8 Å². The molecular weight excluding hydrogens is 208 g/mol. The molecule has 0 unspecified atom stereocenters. The van der Waals surface area contributed by atoms with Crippen LogP contribution in [0.15, 0.2) is 60.7 Å². The normalized spacial score (nSPS) is 9.62. The Morgan fingerprint density at radius 3 is 1.56 bits per heavy atom. The van der Waals surface area contributed by atoms with E-state index in [2.05, 4.69) is 46.0 Å². The molecule has 0 aromatic heterocycles. The van der Waals surface area contributed by atoms with Crippen molar-refractivity contribution in [2.75, 3.05) is 0 Å². The van der Waals surface area contributed by atoms with Gasteiger partial charge in [-0.3, -0.25) is 0 Å². The van der Waals surface area contributed by atoms with Crippen LogP contribution in [0.2, 0.25) is 0 Å². The lowest BCUT2D eigenvalue weighted by Gasteiger charge is -2.11. The second-order valence-corrected chi connectivity index (χ2v) is 3.77. The van der Waals surface area contributed by atoms with Gasteiger partial charge in [-0.05, 0) is 11.1 Å². The zero-order valence-corrected chi connectivity index (χ0v) is 9.85. The van der Waals surface area contributed by atoms with Gasteiger partial charge in [0, 0.05) is 0 Å². The maximum atomic E-state index is 3.23. The summed E-state index contributed by atoms with van der Waals surface area (Å²) >= 11 is 0. The summed E-state index contributed by atoms with van der Waals surface area (Å²) in [6.07, 6.45) is 0. The van der Waals surface area contributed by atoms with E-state index in [9.17, 15) is 0 Å². The molecule has 2 aromatic rings. The van der Waals surface area contributed by atoms with E-state index < -0.39 is 0 Å². The molecule has 0 saturated carbocycles. The van der Waals surface area contributed by atoms with E-state index in [1.165, 1.54) is 11.1 Å². The molecule has 0 aliphatic rings. The Balaban J connectivity index is 2.42. The first-order valence-corrected chi connectivity index (χ1v) is 5.69. The summed E-state index contributed by atoms with van der Waals surface area (Å²) in [5, 5.41) is 0. The predicted octanol–water partition coefficient (Wildman–Crippen LogP) is 2.95. The van der Waals surface area contributed by atoms with E-state index in [0.29, 0.717) is 0 Å². The number of hydrogen-bond acceptors (Lipinski definition) is 0. The Hall–Kier alpha value is -1.78. The van der Waals surface area contributed by atoms with Crippen LogP contribution in [0.3, 0.4) is 0 Å². The molecule has 0 bridgehead atoms. The number of hydrogen-bond donors (Lipinski definition) is 0. The third-order valence-corrected chi connectivity index (χ3v) is 2.63. The maximum Gasteiger partial charge on any atom is 0.147 e. The summed E-state index contributed by atoms with van der Waals surface area (Å²) in [7, 11) is 3.23. The molecule has 0 amide bonds. The monoisotopic (exact) mass is 219 g/mol. The highest BCUT2D eigenvalue weighted by Gasteiger charge is 2.09. The average Bonchev–Trinajstić information content (AvgIpc) is 2.38. The van der Waals surface area contributed by atoms with Crippen LogP contribution in [0.5, 0.6) is 0 Å². The Bertz CT molecular complexity index is 452. The van der Waals surface area contributed by atoms with Crippen LogP contribution in [0.25, 0.3) is 0 Å². The first-order valence-electron chi connectivity index (χ1n) is 5.19. The SMILES string of the molecule is [Si]C#CC(c1ccccc1)c1ccccc1. The van der Waals surface area contributed by atoms with Crippen LogP contribution in [-0.4, -0.2) is 10.2 Å². The number of benzene rings is 2. The van der Waals surface area contributed by atoms with Gasteiger partial charge in [-0.15, -0.1) is 5.54 Å². The first kappa shape index (κ1) is 10.7. The van der Waals surface area contributed by atoms with Gasteiger partial charge in [0.25, 0.3) is 0 Å². The average molecular weight is 219 g/mol. The lowest BCUT2D eigenvalue weighted by molar-refractivity contribution is 1.06. The molecule has 0 saturated heterocycles. The van der Waals surface area contributed by atoms with Crippen LogP contribution in [0.1, 0.15) is 17.0 Å². The van der Waals surface area contributed by atoms with Crippen LogP contribution in [-0.2, 0) is 0 Å². The van der Waals surface area contributed by atoms with Crippen LogP contribution >= 0.6 is 0 Å². The van der Waals surface area contributed by atoms with Crippen molar-refractivity contribution in [3.8, 4) is 11.5 Å². The molecule has 0 spiro atoms. The topological polar surface area (TPSA) is 0 Å². The van der Waals surface area contributed by atoms with E-state index in [4.69, 9.17) is 0 Å². The molecule has 3 radical (unpaired) electrons. The fraction of sp³-hybridized carbons (Fsp3) is 0.0667. The highest BCUT2D eigenvalue weighted by atomic mass is 28.1. The van der Waals surface area contributed by atoms with Crippen molar-refractivity contribution in [2.24, 2.45) is 0 Å². The van der Waals surface area contributed by atoms with E-state index >= 15 is 0 Å². The van der Waals surface area contributed by atoms with E-state index in [-0.39, 0.29) is 5.92 Å². The predicted molar refractivity (Wildman–Crippen MR) is 68.3 cm³/mol. The maximum absolute atomic E-state index is 3.23. The summed E-state index contributed by atoms with van der Waals surface area (Å²) in [6.45, 7) is 0. The molecule has 1 heteroatoms. The van der Waals surface area contributed by atoms with Crippen LogP contribution in [0, 0.1) is 11.5 Å². The molecule has 0 atom stereocenters. The quantitative estimate of drug-likeness (QED) is 0.538. The van der Waals surface area contributed by atoms with E-state index in [1.54, 1.807) is 0 Å². The van der Waals surface area contributed by atoms with Crippen molar-refractivity contribution in [3.63, 3.8) is 0 Å². The summed E-state index contributed by atoms with van der Waals surface area (Å²) < 4.78 is 0. The highest BCUT2D eigenvalue weighted by Crippen LogP contribution is 2.23. The Morgan fingerprint density at radius 2 is 1.19 bits per heavy atom. The Labute approximate surface area is 99.8 Å². The lowest BCUT2D eigenvalue weighted by atomic mass is 9.92. The molecule has 0 N–H and O–H groups in total. The fourth-order valence-corrected chi connectivity index (χ4v) is 1.87. The molecule has 2 rings (SSSR count).